The highest BCUT2D eigenvalue weighted by Crippen LogP contribution is 2.34. The van der Waals surface area contributed by atoms with Crippen molar-refractivity contribution in [3.63, 3.8) is 0 Å². The third-order valence-electron chi connectivity index (χ3n) is 4.60. The van der Waals surface area contributed by atoms with Gasteiger partial charge >= 0.3 is 5.97 Å². The van der Waals surface area contributed by atoms with Crippen LogP contribution in [-0.2, 0) is 9.53 Å². The number of nitrogens with zero attached hydrogens (tertiary/aromatic N) is 1. The second-order valence-corrected chi connectivity index (χ2v) is 5.92. The smallest absolute Gasteiger partial charge is 0.310 e. The highest BCUT2D eigenvalue weighted by Gasteiger charge is 2.38. The van der Waals surface area contributed by atoms with Crippen LogP contribution in [0.2, 0.25) is 0 Å². The summed E-state index contributed by atoms with van der Waals surface area (Å²) in [5, 5.41) is 0. The van der Waals surface area contributed by atoms with E-state index in [1.165, 1.54) is 5.56 Å². The molecule has 1 aromatic rings. The van der Waals surface area contributed by atoms with Gasteiger partial charge in [0.25, 0.3) is 0 Å². The van der Waals surface area contributed by atoms with E-state index in [-0.39, 0.29) is 17.9 Å². The Labute approximate surface area is 134 Å². The molecule has 0 N–H and O–H groups in total. The van der Waals surface area contributed by atoms with Gasteiger partial charge in [0, 0.05) is 12.1 Å². The number of allylic oxidation sites excluding steroid dienone is 1. The van der Waals surface area contributed by atoms with Crippen LogP contribution >= 0.6 is 0 Å². The Morgan fingerprint density at radius 2 is 2.18 bits per heavy atom. The number of ether oxygens (including phenoxy) is 1. The molecule has 3 atom stereocenters. The maximum Gasteiger partial charge on any atom is 0.310 e. The van der Waals surface area contributed by atoms with Crippen molar-refractivity contribution < 1.29 is 9.53 Å². The van der Waals surface area contributed by atoms with Gasteiger partial charge in [-0.2, -0.15) is 0 Å². The van der Waals surface area contributed by atoms with Crippen LogP contribution in [0, 0.1) is 5.92 Å². The second-order valence-electron chi connectivity index (χ2n) is 5.92. The summed E-state index contributed by atoms with van der Waals surface area (Å²) >= 11 is 0. The Hall–Kier alpha value is -1.61. The van der Waals surface area contributed by atoms with E-state index in [1.807, 2.05) is 19.1 Å². The molecule has 1 aliphatic rings. The molecule has 2 rings (SSSR count). The lowest BCUT2D eigenvalue weighted by molar-refractivity contribution is -0.150. The monoisotopic (exact) mass is 301 g/mol. The summed E-state index contributed by atoms with van der Waals surface area (Å²) in [6, 6.07) is 11.1. The lowest BCUT2D eigenvalue weighted by Crippen LogP contribution is -2.41. The van der Waals surface area contributed by atoms with Crippen molar-refractivity contribution in [2.24, 2.45) is 5.92 Å². The van der Waals surface area contributed by atoms with E-state index < -0.39 is 0 Å². The van der Waals surface area contributed by atoms with E-state index in [1.54, 1.807) is 0 Å². The zero-order valence-corrected chi connectivity index (χ0v) is 13.7. The molecule has 1 heterocycles. The van der Waals surface area contributed by atoms with Crippen LogP contribution in [0.25, 0.3) is 0 Å². The molecule has 1 fully saturated rings. The predicted octanol–water partition coefficient (Wildman–Crippen LogP) is 3.97. The second kappa shape index (κ2) is 8.14. The Kier molecular flexibility index (Phi) is 6.20. The average Bonchev–Trinajstić information content (AvgIpc) is 3.02. The SMILES string of the molecule is C=CC[C@@H](C(=O)OCC)[C@H]1CCCN1[C@H](C)c1ccccc1. The molecule has 0 amide bonds. The number of benzene rings is 1. The first-order valence-electron chi connectivity index (χ1n) is 8.27. The fraction of sp³-hybridized carbons (Fsp3) is 0.526. The summed E-state index contributed by atoms with van der Waals surface area (Å²) in [5.74, 6) is -0.189. The first-order valence-corrected chi connectivity index (χ1v) is 8.27. The minimum Gasteiger partial charge on any atom is -0.466 e. The predicted molar refractivity (Wildman–Crippen MR) is 89.5 cm³/mol. The minimum atomic E-state index is -0.105. The molecule has 0 bridgehead atoms. The average molecular weight is 301 g/mol. The molecule has 1 aliphatic heterocycles. The normalized spacial score (nSPS) is 21.3. The molecule has 0 radical (unpaired) electrons. The Morgan fingerprint density at radius 3 is 2.82 bits per heavy atom. The number of hydrogen-bond acceptors (Lipinski definition) is 3. The van der Waals surface area contributed by atoms with E-state index in [0.717, 1.165) is 19.4 Å². The molecule has 0 saturated carbocycles. The Bertz CT molecular complexity index is 485. The summed E-state index contributed by atoms with van der Waals surface area (Å²) in [6.07, 6.45) is 4.70. The Balaban J connectivity index is 2.17. The number of rotatable bonds is 7. The molecule has 1 saturated heterocycles. The Morgan fingerprint density at radius 1 is 1.45 bits per heavy atom. The highest BCUT2D eigenvalue weighted by molar-refractivity contribution is 5.73. The van der Waals surface area contributed by atoms with Crippen LogP contribution < -0.4 is 0 Å². The molecule has 0 aliphatic carbocycles. The van der Waals surface area contributed by atoms with Crippen molar-refractivity contribution in [3.8, 4) is 0 Å². The molecule has 0 aromatic heterocycles. The number of carbonyl (C=O) groups is 1. The van der Waals surface area contributed by atoms with Gasteiger partial charge in [-0.05, 0) is 45.2 Å². The quantitative estimate of drug-likeness (QED) is 0.564. The van der Waals surface area contributed by atoms with Gasteiger partial charge in [-0.3, -0.25) is 9.69 Å². The van der Waals surface area contributed by atoms with Gasteiger partial charge in [-0.15, -0.1) is 6.58 Å². The number of carbonyl (C=O) groups excluding carboxylic acids is 1. The van der Waals surface area contributed by atoms with Crippen molar-refractivity contribution in [1.29, 1.82) is 0 Å². The minimum absolute atomic E-state index is 0.0837. The molecule has 0 unspecified atom stereocenters. The fourth-order valence-electron chi connectivity index (χ4n) is 3.49. The molecule has 3 nitrogen and oxygen atoms in total. The zero-order chi connectivity index (χ0) is 15.9. The molecular formula is C19H27NO2. The zero-order valence-electron chi connectivity index (χ0n) is 13.7. The molecule has 120 valence electrons. The fourth-order valence-corrected chi connectivity index (χ4v) is 3.49. The topological polar surface area (TPSA) is 29.5 Å². The lowest BCUT2D eigenvalue weighted by atomic mass is 9.92. The summed E-state index contributed by atoms with van der Waals surface area (Å²) in [6.45, 7) is 9.38. The van der Waals surface area contributed by atoms with E-state index in [9.17, 15) is 4.79 Å². The summed E-state index contributed by atoms with van der Waals surface area (Å²) in [4.78, 5) is 14.8. The first kappa shape index (κ1) is 16.8. The van der Waals surface area contributed by atoms with Crippen LogP contribution in [0.3, 0.4) is 0 Å². The van der Waals surface area contributed by atoms with Gasteiger partial charge in [-0.1, -0.05) is 36.4 Å². The standard InChI is InChI=1S/C19H27NO2/c1-4-10-17(19(21)22-5-2)18-13-9-14-20(18)15(3)16-11-7-6-8-12-16/h4,6-8,11-12,15,17-18H,1,5,9-10,13-14H2,2-3H3/t15-,17-,18-/m1/s1. The first-order chi connectivity index (χ1) is 10.7. The van der Waals surface area contributed by atoms with Gasteiger partial charge in [0.1, 0.15) is 0 Å². The number of esters is 1. The van der Waals surface area contributed by atoms with E-state index >= 15 is 0 Å². The van der Waals surface area contributed by atoms with Crippen molar-refractivity contribution in [1.82, 2.24) is 4.90 Å². The van der Waals surface area contributed by atoms with Gasteiger partial charge in [0.2, 0.25) is 0 Å². The molecule has 22 heavy (non-hydrogen) atoms. The highest BCUT2D eigenvalue weighted by atomic mass is 16.5. The van der Waals surface area contributed by atoms with Crippen LogP contribution in [-0.4, -0.2) is 30.1 Å². The number of hydrogen-bond donors (Lipinski definition) is 0. The third-order valence-corrected chi connectivity index (χ3v) is 4.60. The number of likely N-dealkylation sites (tertiary alicyclic amines) is 1. The van der Waals surface area contributed by atoms with Crippen LogP contribution in [0.4, 0.5) is 0 Å². The third kappa shape index (κ3) is 3.77. The molecular weight excluding hydrogens is 274 g/mol. The summed E-state index contributed by atoms with van der Waals surface area (Å²) in [5.41, 5.74) is 1.30. The largest absolute Gasteiger partial charge is 0.466 e. The van der Waals surface area contributed by atoms with Crippen molar-refractivity contribution in [3.05, 3.63) is 48.6 Å². The van der Waals surface area contributed by atoms with Crippen LogP contribution in [0.5, 0.6) is 0 Å². The molecule has 3 heteroatoms. The van der Waals surface area contributed by atoms with Gasteiger partial charge in [-0.25, -0.2) is 0 Å². The van der Waals surface area contributed by atoms with Crippen molar-refractivity contribution in [2.45, 2.75) is 45.2 Å². The van der Waals surface area contributed by atoms with E-state index in [2.05, 4.69) is 42.7 Å². The van der Waals surface area contributed by atoms with Crippen LogP contribution in [0.15, 0.2) is 43.0 Å². The van der Waals surface area contributed by atoms with E-state index in [0.29, 0.717) is 19.1 Å². The van der Waals surface area contributed by atoms with E-state index in [4.69, 9.17) is 4.74 Å². The molecule has 0 spiro atoms. The summed E-state index contributed by atoms with van der Waals surface area (Å²) < 4.78 is 5.29. The maximum atomic E-state index is 12.3. The van der Waals surface area contributed by atoms with Crippen molar-refractivity contribution >= 4 is 5.97 Å². The molecule has 1 aromatic carbocycles. The maximum absolute atomic E-state index is 12.3. The van der Waals surface area contributed by atoms with Gasteiger partial charge in [0.15, 0.2) is 0 Å². The van der Waals surface area contributed by atoms with Crippen LogP contribution in [0.1, 0.15) is 44.7 Å². The van der Waals surface area contributed by atoms with Gasteiger partial charge in [0.05, 0.1) is 12.5 Å². The van der Waals surface area contributed by atoms with Crippen molar-refractivity contribution in [2.75, 3.05) is 13.2 Å². The summed E-state index contributed by atoms with van der Waals surface area (Å²) in [7, 11) is 0. The van der Waals surface area contributed by atoms with Gasteiger partial charge < -0.3 is 4.74 Å². The lowest BCUT2D eigenvalue weighted by Gasteiger charge is -2.34.